The molecule has 3 aromatic rings. The molecule has 0 unspecified atom stereocenters. The molecule has 0 spiro atoms. The summed E-state index contributed by atoms with van der Waals surface area (Å²) in [5.41, 5.74) is 2.18. The number of carbonyl (C=O) groups is 2. The lowest BCUT2D eigenvalue weighted by Gasteiger charge is -2.31. The number of fused-ring (bicyclic) bond motifs is 2. The van der Waals surface area contributed by atoms with Crippen molar-refractivity contribution in [3.8, 4) is 0 Å². The molecule has 0 saturated carbocycles. The number of hydrogen-bond donors (Lipinski definition) is 1. The number of halogens is 1. The average Bonchev–Trinajstić information content (AvgIpc) is 3.38. The molecule has 1 fully saturated rings. The summed E-state index contributed by atoms with van der Waals surface area (Å²) in [6.07, 6.45) is 5.86. The van der Waals surface area contributed by atoms with E-state index in [1.165, 1.54) is 4.90 Å². The number of carbonyl (C=O) groups excluding carboxylic acids is 2. The smallest absolute Gasteiger partial charge is 0.260 e. The summed E-state index contributed by atoms with van der Waals surface area (Å²) in [5.74, 6) is -0.352. The number of aromatic nitrogens is 3. The first-order chi connectivity index (χ1) is 16.1. The third-order valence-electron chi connectivity index (χ3n) is 6.84. The molecule has 7 nitrogen and oxygen atoms in total. The quantitative estimate of drug-likeness (QED) is 0.459. The van der Waals surface area contributed by atoms with Gasteiger partial charge in [0.1, 0.15) is 0 Å². The van der Waals surface area contributed by atoms with E-state index in [1.54, 1.807) is 4.68 Å². The summed E-state index contributed by atoms with van der Waals surface area (Å²) in [4.78, 5) is 32.0. The van der Waals surface area contributed by atoms with E-state index in [1.807, 2.05) is 54.6 Å². The Morgan fingerprint density at radius 3 is 2.21 bits per heavy atom. The Hall–Kier alpha value is -3.45. The molecule has 166 valence electrons. The molecule has 1 aliphatic carbocycles. The average molecular weight is 460 g/mol. The predicted molar refractivity (Wildman–Crippen MR) is 125 cm³/mol. The van der Waals surface area contributed by atoms with Crippen molar-refractivity contribution in [1.29, 1.82) is 0 Å². The third kappa shape index (κ3) is 3.35. The van der Waals surface area contributed by atoms with Gasteiger partial charge in [-0.05, 0) is 42.5 Å². The molecule has 0 radical (unpaired) electrons. The Balaban J connectivity index is 1.40. The van der Waals surface area contributed by atoms with Crippen molar-refractivity contribution in [2.45, 2.75) is 31.3 Å². The number of benzene rings is 2. The lowest BCUT2D eigenvalue weighted by molar-refractivity contribution is -0.122. The SMILES string of the molecule is O=C1[C@H]2CC=CC[C@H]2C(=O)N1c1nc2n(n1)[C@H](c1ccccc1)C[C@H](c1ccc(Cl)cc1)N2. The van der Waals surface area contributed by atoms with E-state index in [4.69, 9.17) is 11.6 Å². The van der Waals surface area contributed by atoms with Gasteiger partial charge in [-0.25, -0.2) is 9.58 Å². The van der Waals surface area contributed by atoms with Crippen LogP contribution < -0.4 is 10.2 Å². The van der Waals surface area contributed by atoms with E-state index in [2.05, 4.69) is 27.5 Å². The largest absolute Gasteiger partial charge is 0.347 e. The molecular formula is C25H22ClN5O2. The van der Waals surface area contributed by atoms with Crippen LogP contribution in [0.5, 0.6) is 0 Å². The van der Waals surface area contributed by atoms with Gasteiger partial charge in [-0.3, -0.25) is 9.59 Å². The van der Waals surface area contributed by atoms with Gasteiger partial charge in [-0.1, -0.05) is 66.2 Å². The number of hydrogen-bond acceptors (Lipinski definition) is 5. The van der Waals surface area contributed by atoms with Gasteiger partial charge in [0.25, 0.3) is 5.95 Å². The Labute approximate surface area is 196 Å². The second-order valence-electron chi connectivity index (χ2n) is 8.76. The standard InChI is InChI=1S/C25H22ClN5O2/c26-17-12-10-15(11-13-17)20-14-21(16-6-2-1-3-7-16)31-24(27-20)28-25(29-31)30-22(32)18-8-4-5-9-19(18)23(30)33/h1-7,10-13,18-21H,8-9,14H2,(H,27,28,29)/t18-,19+,20-,21+/m1/s1. The highest BCUT2D eigenvalue weighted by atomic mass is 35.5. The van der Waals surface area contributed by atoms with Crippen LogP contribution in [-0.4, -0.2) is 26.6 Å². The molecule has 1 N–H and O–H groups in total. The van der Waals surface area contributed by atoms with Gasteiger partial charge < -0.3 is 5.32 Å². The molecule has 4 atom stereocenters. The molecule has 3 heterocycles. The van der Waals surface area contributed by atoms with Crippen LogP contribution in [0, 0.1) is 11.8 Å². The molecule has 2 amide bonds. The van der Waals surface area contributed by atoms with Gasteiger partial charge in [-0.15, -0.1) is 5.10 Å². The number of rotatable bonds is 3. The van der Waals surface area contributed by atoms with E-state index in [0.29, 0.717) is 23.8 Å². The topological polar surface area (TPSA) is 80.1 Å². The highest BCUT2D eigenvalue weighted by molar-refractivity contribution is 6.30. The van der Waals surface area contributed by atoms with E-state index in [9.17, 15) is 9.59 Å². The van der Waals surface area contributed by atoms with Gasteiger partial charge in [0.15, 0.2) is 0 Å². The molecule has 1 aromatic heterocycles. The minimum atomic E-state index is -0.317. The fourth-order valence-electron chi connectivity index (χ4n) is 5.12. The number of amides is 2. The molecule has 33 heavy (non-hydrogen) atoms. The molecule has 1 saturated heterocycles. The fraction of sp³-hybridized carbons (Fsp3) is 0.280. The molecule has 2 aliphatic heterocycles. The molecule has 6 rings (SSSR count). The molecule has 2 aromatic carbocycles. The van der Waals surface area contributed by atoms with Crippen molar-refractivity contribution in [3.05, 3.63) is 82.9 Å². The Bertz CT molecular complexity index is 1230. The first-order valence-corrected chi connectivity index (χ1v) is 11.5. The van der Waals surface area contributed by atoms with Crippen LogP contribution in [0.15, 0.2) is 66.7 Å². The summed E-state index contributed by atoms with van der Waals surface area (Å²) in [6.45, 7) is 0. The van der Waals surface area contributed by atoms with Crippen molar-refractivity contribution in [1.82, 2.24) is 14.8 Å². The maximum absolute atomic E-state index is 13.1. The van der Waals surface area contributed by atoms with Crippen molar-refractivity contribution in [3.63, 3.8) is 0 Å². The Morgan fingerprint density at radius 2 is 1.55 bits per heavy atom. The summed E-state index contributed by atoms with van der Waals surface area (Å²) in [5, 5.41) is 8.81. The normalized spacial score (nSPS) is 26.2. The second-order valence-corrected chi connectivity index (χ2v) is 9.19. The number of allylic oxidation sites excluding steroid dienone is 2. The predicted octanol–water partition coefficient (Wildman–Crippen LogP) is 4.53. The summed E-state index contributed by atoms with van der Waals surface area (Å²) in [6, 6.07) is 17.7. The number of nitrogens with zero attached hydrogens (tertiary/aromatic N) is 4. The van der Waals surface area contributed by atoms with Crippen LogP contribution in [-0.2, 0) is 9.59 Å². The maximum atomic E-state index is 13.1. The van der Waals surface area contributed by atoms with Crippen LogP contribution in [0.1, 0.15) is 42.5 Å². The van der Waals surface area contributed by atoms with E-state index >= 15 is 0 Å². The van der Waals surface area contributed by atoms with Crippen molar-refractivity contribution < 1.29 is 9.59 Å². The molecule has 3 aliphatic rings. The summed E-state index contributed by atoms with van der Waals surface area (Å²) >= 11 is 6.09. The highest BCUT2D eigenvalue weighted by Crippen LogP contribution is 2.41. The zero-order valence-corrected chi connectivity index (χ0v) is 18.5. The molecule has 0 bridgehead atoms. The van der Waals surface area contributed by atoms with Crippen LogP contribution >= 0.6 is 11.6 Å². The van der Waals surface area contributed by atoms with Crippen LogP contribution in [0.3, 0.4) is 0 Å². The monoisotopic (exact) mass is 459 g/mol. The van der Waals surface area contributed by atoms with Crippen molar-refractivity contribution in [2.75, 3.05) is 10.2 Å². The number of imide groups is 1. The fourth-order valence-corrected chi connectivity index (χ4v) is 5.25. The number of nitrogens with one attached hydrogen (secondary N) is 1. The number of anilines is 2. The molecular weight excluding hydrogens is 438 g/mol. The van der Waals surface area contributed by atoms with Crippen LogP contribution in [0.2, 0.25) is 5.02 Å². The van der Waals surface area contributed by atoms with Crippen LogP contribution in [0.4, 0.5) is 11.9 Å². The van der Waals surface area contributed by atoms with Crippen molar-refractivity contribution in [2.24, 2.45) is 11.8 Å². The second kappa shape index (κ2) is 7.85. The Morgan fingerprint density at radius 1 is 0.879 bits per heavy atom. The molecule has 8 heteroatoms. The van der Waals surface area contributed by atoms with E-state index < -0.39 is 0 Å². The third-order valence-corrected chi connectivity index (χ3v) is 7.09. The van der Waals surface area contributed by atoms with Gasteiger partial charge in [0, 0.05) is 5.02 Å². The van der Waals surface area contributed by atoms with Crippen molar-refractivity contribution >= 4 is 35.3 Å². The van der Waals surface area contributed by atoms with Gasteiger partial charge >= 0.3 is 0 Å². The van der Waals surface area contributed by atoms with Crippen LogP contribution in [0.25, 0.3) is 0 Å². The lowest BCUT2D eigenvalue weighted by atomic mass is 9.85. The van der Waals surface area contributed by atoms with Gasteiger partial charge in [0.05, 0.1) is 23.9 Å². The summed E-state index contributed by atoms with van der Waals surface area (Å²) in [7, 11) is 0. The minimum Gasteiger partial charge on any atom is -0.347 e. The Kier molecular flexibility index (Phi) is 4.80. The van der Waals surface area contributed by atoms with Gasteiger partial charge in [-0.2, -0.15) is 4.98 Å². The summed E-state index contributed by atoms with van der Waals surface area (Å²) < 4.78 is 1.80. The zero-order chi connectivity index (χ0) is 22.5. The minimum absolute atomic E-state index is 0.0196. The van der Waals surface area contributed by atoms with E-state index in [0.717, 1.165) is 17.5 Å². The first-order valence-electron chi connectivity index (χ1n) is 11.2. The lowest BCUT2D eigenvalue weighted by Crippen LogP contribution is -2.32. The maximum Gasteiger partial charge on any atom is 0.260 e. The zero-order valence-electron chi connectivity index (χ0n) is 17.8. The highest BCUT2D eigenvalue weighted by Gasteiger charge is 2.49. The van der Waals surface area contributed by atoms with E-state index in [-0.39, 0.29) is 41.7 Å². The van der Waals surface area contributed by atoms with Gasteiger partial charge in [0.2, 0.25) is 17.8 Å². The first kappa shape index (κ1) is 20.2.